The molecule has 0 unspecified atom stereocenters. The number of rotatable bonds is 11. The smallest absolute Gasteiger partial charge is 0.190 e. The standard InChI is InChI=1S/C38H31ClN6O2.C22H15ClN6/c1-25-15-36-32(16-35(25)40-2)34(23-45(36)29-10-9-28-17-42-24-44(28)22-29)33-18-41-19-37(38(33)39)43(20-26-5-11-30(46-3)12-6-26)21-27-7-13-31(47-4)14-8-27;1-13-5-21-16(6-20(13)25-2)18(17-8-26-9-19(24)22(17)23)11-29(21)15-4-3-14-7-27-12-28(14)10-15/h5-19,22-24H,20-21H2,1,3-4H3;3-12H,24H2,1H3. The fourth-order valence-electron chi connectivity index (χ4n) is 9.55. The minimum absolute atomic E-state index is 0.419. The van der Waals surface area contributed by atoms with Crippen LogP contribution in [0.5, 0.6) is 11.5 Å². The molecule has 14 nitrogen and oxygen atoms in total. The van der Waals surface area contributed by atoms with Crippen LogP contribution in [0.25, 0.3) is 76.2 Å². The molecule has 0 saturated heterocycles. The highest BCUT2D eigenvalue weighted by Gasteiger charge is 2.22. The molecule has 8 aromatic heterocycles. The molecule has 16 heteroatoms. The van der Waals surface area contributed by atoms with Crippen molar-refractivity contribution in [1.29, 1.82) is 0 Å². The monoisotopic (exact) mass is 1040 g/mol. The Bertz CT molecular complexity index is 4210. The maximum Gasteiger partial charge on any atom is 0.190 e. The van der Waals surface area contributed by atoms with Crippen LogP contribution in [0.15, 0.2) is 172 Å². The molecule has 0 atom stereocenters. The number of nitrogens with zero attached hydrogens (tertiary/aromatic N) is 11. The van der Waals surface area contributed by atoms with Crippen molar-refractivity contribution in [3.05, 3.63) is 227 Å². The molecule has 4 aromatic carbocycles. The average molecular weight is 1040 g/mol. The second-order valence-corrected chi connectivity index (χ2v) is 19.0. The van der Waals surface area contributed by atoms with E-state index < -0.39 is 0 Å². The first-order valence-corrected chi connectivity index (χ1v) is 24.7. The van der Waals surface area contributed by atoms with Gasteiger partial charge in [0.1, 0.15) is 11.5 Å². The lowest BCUT2D eigenvalue weighted by atomic mass is 10.0. The van der Waals surface area contributed by atoms with Crippen LogP contribution in [0.1, 0.15) is 22.3 Å². The molecule has 12 aromatic rings. The largest absolute Gasteiger partial charge is 0.497 e. The van der Waals surface area contributed by atoms with E-state index in [1.54, 1.807) is 39.3 Å². The summed E-state index contributed by atoms with van der Waals surface area (Å²) in [6, 6.07) is 32.2. The van der Waals surface area contributed by atoms with Crippen LogP contribution in [0.3, 0.4) is 0 Å². The number of pyridine rings is 4. The lowest BCUT2D eigenvalue weighted by Gasteiger charge is -2.27. The molecular weight excluding hydrogens is 992 g/mol. The van der Waals surface area contributed by atoms with Crippen molar-refractivity contribution < 1.29 is 9.47 Å². The van der Waals surface area contributed by atoms with E-state index in [1.165, 1.54) is 6.20 Å². The van der Waals surface area contributed by atoms with Crippen molar-refractivity contribution in [3.63, 3.8) is 0 Å². The van der Waals surface area contributed by atoms with Gasteiger partial charge in [0.05, 0.1) is 120 Å². The molecule has 0 amide bonds. The van der Waals surface area contributed by atoms with E-state index in [4.69, 9.17) is 56.5 Å². The fourth-order valence-corrected chi connectivity index (χ4v) is 10.1. The Balaban J connectivity index is 0.000000181. The van der Waals surface area contributed by atoms with E-state index in [2.05, 4.69) is 81.3 Å². The first-order valence-electron chi connectivity index (χ1n) is 24.0. The summed E-state index contributed by atoms with van der Waals surface area (Å²) in [5.74, 6) is 1.60. The van der Waals surface area contributed by atoms with Gasteiger partial charge in [-0.3, -0.25) is 9.97 Å². The van der Waals surface area contributed by atoms with Crippen LogP contribution in [0.2, 0.25) is 10.0 Å². The average Bonchev–Trinajstić information content (AvgIpc) is 4.32. The van der Waals surface area contributed by atoms with Gasteiger partial charge in [-0.2, -0.15) is 0 Å². The van der Waals surface area contributed by atoms with Gasteiger partial charge in [-0.15, -0.1) is 0 Å². The van der Waals surface area contributed by atoms with Crippen molar-refractivity contribution in [2.24, 2.45) is 0 Å². The zero-order chi connectivity index (χ0) is 52.6. The van der Waals surface area contributed by atoms with Gasteiger partial charge in [0, 0.05) is 72.5 Å². The number of nitrogen functional groups attached to an aromatic ring is 1. The van der Waals surface area contributed by atoms with E-state index in [-0.39, 0.29) is 0 Å². The first-order chi connectivity index (χ1) is 37.0. The predicted octanol–water partition coefficient (Wildman–Crippen LogP) is 14.5. The van der Waals surface area contributed by atoms with Crippen molar-refractivity contribution in [1.82, 2.24) is 37.9 Å². The first kappa shape index (κ1) is 48.7. The summed E-state index contributed by atoms with van der Waals surface area (Å²) in [7, 11) is 3.33. The van der Waals surface area contributed by atoms with Crippen molar-refractivity contribution >= 4 is 78.8 Å². The normalized spacial score (nSPS) is 11.2. The zero-order valence-electron chi connectivity index (χ0n) is 41.6. The molecule has 0 aliphatic rings. The van der Waals surface area contributed by atoms with E-state index in [0.717, 1.165) is 106 Å². The SMILES string of the molecule is [C-]#[N+]c1cc2c(-c3cncc(N(Cc4ccc(OC)cc4)Cc4ccc(OC)cc4)c3Cl)cn(-c3ccc4cncn4c3)c2cc1C.[C-]#[N+]c1cc2c(-c3cncc(N)c3Cl)cn(-c3ccc4cncn4c3)c2cc1C. The minimum Gasteiger partial charge on any atom is -0.497 e. The third kappa shape index (κ3) is 9.13. The molecule has 0 aliphatic heterocycles. The Morgan fingerprint density at radius 2 is 1.00 bits per heavy atom. The highest BCUT2D eigenvalue weighted by Crippen LogP contribution is 2.44. The topological polar surface area (TPSA) is 127 Å². The molecule has 0 fully saturated rings. The summed E-state index contributed by atoms with van der Waals surface area (Å²) in [4.78, 5) is 27.1. The molecule has 8 heterocycles. The molecule has 0 saturated carbocycles. The fraction of sp³-hybridized carbons (Fsp3) is 0.100. The number of methoxy groups -OCH3 is 2. The Morgan fingerprint density at radius 3 is 1.46 bits per heavy atom. The van der Waals surface area contributed by atoms with Crippen LogP contribution < -0.4 is 20.1 Å². The summed E-state index contributed by atoms with van der Waals surface area (Å²) in [6.07, 6.45) is 22.2. The van der Waals surface area contributed by atoms with E-state index in [1.807, 2.05) is 120 Å². The number of anilines is 2. The number of aromatic nitrogens is 8. The quantitative estimate of drug-likeness (QED) is 0.127. The number of imidazole rings is 2. The number of ether oxygens (including phenoxy) is 2. The Kier molecular flexibility index (Phi) is 13.0. The molecule has 0 radical (unpaired) electrons. The second-order valence-electron chi connectivity index (χ2n) is 18.2. The van der Waals surface area contributed by atoms with Crippen LogP contribution >= 0.6 is 23.2 Å². The number of benzene rings is 4. The van der Waals surface area contributed by atoms with Crippen molar-refractivity contribution in [3.8, 4) is 45.1 Å². The van der Waals surface area contributed by atoms with Gasteiger partial charge in [-0.25, -0.2) is 19.7 Å². The van der Waals surface area contributed by atoms with E-state index in [0.29, 0.717) is 40.2 Å². The molecule has 12 rings (SSSR count). The summed E-state index contributed by atoms with van der Waals surface area (Å²) < 4.78 is 19.0. The molecule has 0 aliphatic carbocycles. The predicted molar refractivity (Wildman–Crippen MR) is 303 cm³/mol. The molecule has 2 N–H and O–H groups in total. The lowest BCUT2D eigenvalue weighted by molar-refractivity contribution is 0.414. The summed E-state index contributed by atoms with van der Waals surface area (Å²) in [5, 5.41) is 2.87. The van der Waals surface area contributed by atoms with Gasteiger partial charge >= 0.3 is 0 Å². The van der Waals surface area contributed by atoms with Gasteiger partial charge in [-0.05, 0) is 120 Å². The molecular formula is C60H46Cl2N12O2. The Labute approximate surface area is 447 Å². The molecule has 0 spiro atoms. The number of hydrogen-bond acceptors (Lipinski definition) is 8. The van der Waals surface area contributed by atoms with Crippen LogP contribution in [0.4, 0.5) is 22.7 Å². The highest BCUT2D eigenvalue weighted by atomic mass is 35.5. The number of halogens is 2. The molecule has 372 valence electrons. The third-order valence-corrected chi connectivity index (χ3v) is 14.4. The summed E-state index contributed by atoms with van der Waals surface area (Å²) >= 11 is 13.9. The minimum atomic E-state index is 0.419. The summed E-state index contributed by atoms with van der Waals surface area (Å²) in [5.41, 5.74) is 21.6. The van der Waals surface area contributed by atoms with Gasteiger partial charge in [-0.1, -0.05) is 47.5 Å². The van der Waals surface area contributed by atoms with Crippen molar-refractivity contribution in [2.45, 2.75) is 26.9 Å². The third-order valence-electron chi connectivity index (χ3n) is 13.6. The number of nitrogens with two attached hydrogens (primary N) is 1. The van der Waals surface area contributed by atoms with Gasteiger partial charge in [0.25, 0.3) is 0 Å². The lowest BCUT2D eigenvalue weighted by Crippen LogP contribution is -2.22. The van der Waals surface area contributed by atoms with Crippen LogP contribution in [0, 0.1) is 27.0 Å². The Morgan fingerprint density at radius 1 is 0.539 bits per heavy atom. The number of hydrogen-bond donors (Lipinski definition) is 1. The summed E-state index contributed by atoms with van der Waals surface area (Å²) in [6.45, 7) is 20.4. The van der Waals surface area contributed by atoms with Crippen LogP contribution in [-0.2, 0) is 13.1 Å². The van der Waals surface area contributed by atoms with Gasteiger partial charge in [0.15, 0.2) is 11.4 Å². The number of aryl methyl sites for hydroxylation is 2. The van der Waals surface area contributed by atoms with E-state index in [9.17, 15) is 0 Å². The maximum absolute atomic E-state index is 7.82. The van der Waals surface area contributed by atoms with Gasteiger partial charge in [0.2, 0.25) is 0 Å². The molecule has 0 bridgehead atoms. The second kappa shape index (κ2) is 20.4. The number of fused-ring (bicyclic) bond motifs is 4. The van der Waals surface area contributed by atoms with Crippen LogP contribution in [-0.4, -0.2) is 52.1 Å². The maximum atomic E-state index is 7.82. The Hall–Kier alpha value is -9.60. The zero-order valence-corrected chi connectivity index (χ0v) is 43.2. The van der Waals surface area contributed by atoms with Gasteiger partial charge < -0.3 is 38.0 Å². The highest BCUT2D eigenvalue weighted by molar-refractivity contribution is 6.37. The van der Waals surface area contributed by atoms with E-state index >= 15 is 0 Å². The molecule has 76 heavy (non-hydrogen) atoms. The van der Waals surface area contributed by atoms with Crippen molar-refractivity contribution in [2.75, 3.05) is 24.9 Å².